The van der Waals surface area contributed by atoms with Crippen LogP contribution in [0.5, 0.6) is 11.5 Å². The predicted molar refractivity (Wildman–Crippen MR) is 73.8 cm³/mol. The third-order valence-electron chi connectivity index (χ3n) is 2.93. The zero-order valence-electron chi connectivity index (χ0n) is 10.7. The Morgan fingerprint density at radius 2 is 2.00 bits per heavy atom. The summed E-state index contributed by atoms with van der Waals surface area (Å²) >= 11 is 0. The lowest BCUT2D eigenvalue weighted by molar-refractivity contribution is -0.178. The molecule has 1 aliphatic heterocycles. The van der Waals surface area contributed by atoms with E-state index in [0.29, 0.717) is 11.5 Å². The summed E-state index contributed by atoms with van der Waals surface area (Å²) in [7, 11) is 7.68. The molecule has 1 unspecified atom stereocenters. The Hall–Kier alpha value is -1.07. The molecule has 0 aromatic heterocycles. The van der Waals surface area contributed by atoms with Gasteiger partial charge < -0.3 is 19.9 Å². The number of hydrogen-bond acceptors (Lipinski definition) is 4. The van der Waals surface area contributed by atoms with Crippen LogP contribution in [0.4, 0.5) is 0 Å². The van der Waals surface area contributed by atoms with Gasteiger partial charge in [-0.1, -0.05) is 6.07 Å². The van der Waals surface area contributed by atoms with Crippen molar-refractivity contribution >= 4 is 23.5 Å². The van der Waals surface area contributed by atoms with Gasteiger partial charge in [0.05, 0.1) is 0 Å². The highest BCUT2D eigenvalue weighted by atomic mass is 16.8. The van der Waals surface area contributed by atoms with E-state index in [0.717, 1.165) is 12.0 Å². The van der Waals surface area contributed by atoms with Crippen LogP contribution in [-0.4, -0.2) is 46.9 Å². The number of ether oxygens (including phenoxy) is 2. The van der Waals surface area contributed by atoms with Gasteiger partial charge in [-0.15, -0.1) is 0 Å². The summed E-state index contributed by atoms with van der Waals surface area (Å²) in [4.78, 5) is 0. The quantitative estimate of drug-likeness (QED) is 0.559. The minimum Gasteiger partial charge on any atom is -0.435 e. The van der Waals surface area contributed by atoms with Gasteiger partial charge in [-0.3, -0.25) is 0 Å². The second-order valence-corrected chi connectivity index (χ2v) is 5.19. The van der Waals surface area contributed by atoms with E-state index in [1.54, 1.807) is 0 Å². The monoisotopic (exact) mass is 231 g/mol. The average molecular weight is 231 g/mol. The van der Waals surface area contributed by atoms with E-state index in [4.69, 9.17) is 9.47 Å². The molecule has 17 heavy (non-hydrogen) atoms. The lowest BCUT2D eigenvalue weighted by atomic mass is 9.59. The second-order valence-electron chi connectivity index (χ2n) is 5.19. The van der Waals surface area contributed by atoms with Crippen molar-refractivity contribution in [1.82, 2.24) is 5.32 Å². The fourth-order valence-corrected chi connectivity index (χ4v) is 1.85. The maximum absolute atomic E-state index is 9.63. The number of rotatable bonds is 3. The van der Waals surface area contributed by atoms with Crippen LogP contribution < -0.4 is 14.8 Å². The van der Waals surface area contributed by atoms with Crippen molar-refractivity contribution < 1.29 is 14.6 Å². The first kappa shape index (κ1) is 12.4. The van der Waals surface area contributed by atoms with E-state index >= 15 is 0 Å². The molecule has 0 saturated carbocycles. The summed E-state index contributed by atoms with van der Waals surface area (Å²) in [6.45, 7) is 0. The smallest absolute Gasteiger partial charge is 0.310 e. The molecule has 1 aromatic rings. The molecule has 0 saturated heterocycles. The summed E-state index contributed by atoms with van der Waals surface area (Å²) in [5.41, 5.74) is 1.14. The van der Waals surface area contributed by atoms with Gasteiger partial charge in [0.2, 0.25) is 0 Å². The van der Waals surface area contributed by atoms with Gasteiger partial charge in [0, 0.05) is 0 Å². The molecule has 88 valence electrons. The largest absolute Gasteiger partial charge is 0.435 e. The van der Waals surface area contributed by atoms with E-state index < -0.39 is 5.87 Å². The molecule has 4 nitrogen and oxygen atoms in total. The highest BCUT2D eigenvalue weighted by Crippen LogP contribution is 2.38. The molecule has 0 fully saturated rings. The van der Waals surface area contributed by atoms with E-state index in [-0.39, 0.29) is 5.34 Å². The van der Waals surface area contributed by atoms with Crippen LogP contribution in [0.1, 0.15) is 5.56 Å². The molecule has 1 aromatic carbocycles. The summed E-state index contributed by atoms with van der Waals surface area (Å²) < 4.78 is 10.5. The van der Waals surface area contributed by atoms with Crippen LogP contribution in [-0.2, 0) is 6.42 Å². The van der Waals surface area contributed by atoms with Crippen molar-refractivity contribution in [2.75, 3.05) is 7.05 Å². The summed E-state index contributed by atoms with van der Waals surface area (Å²) in [5.74, 6) is -0.361. The maximum atomic E-state index is 9.63. The van der Waals surface area contributed by atoms with Crippen LogP contribution in [0.3, 0.4) is 0 Å². The van der Waals surface area contributed by atoms with Gasteiger partial charge in [-0.05, 0) is 36.5 Å². The van der Waals surface area contributed by atoms with Gasteiger partial charge in [-0.2, -0.15) is 0 Å². The van der Waals surface area contributed by atoms with Crippen LogP contribution in [0.2, 0.25) is 0 Å². The minimum atomic E-state index is -1.54. The van der Waals surface area contributed by atoms with Gasteiger partial charge in [0.1, 0.15) is 15.7 Å². The van der Waals surface area contributed by atoms with Crippen molar-refractivity contribution in [3.8, 4) is 11.5 Å². The van der Waals surface area contributed by atoms with E-state index in [1.807, 2.05) is 25.2 Å². The van der Waals surface area contributed by atoms with Crippen molar-refractivity contribution in [1.29, 1.82) is 0 Å². The molecule has 1 heterocycles. The Kier molecular flexibility index (Phi) is 2.91. The second kappa shape index (κ2) is 4.00. The lowest BCUT2D eigenvalue weighted by Crippen LogP contribution is -2.46. The van der Waals surface area contributed by atoms with Crippen LogP contribution >= 0.6 is 0 Å². The predicted octanol–water partition coefficient (Wildman–Crippen LogP) is -2.62. The fraction of sp³-hybridized carbons (Fsp3) is 0.400. The van der Waals surface area contributed by atoms with Gasteiger partial charge >= 0.3 is 5.87 Å². The van der Waals surface area contributed by atoms with Crippen LogP contribution in [0.25, 0.3) is 0 Å². The van der Waals surface area contributed by atoms with Crippen molar-refractivity contribution in [2.45, 2.75) is 17.6 Å². The maximum Gasteiger partial charge on any atom is 0.310 e. The van der Waals surface area contributed by atoms with Crippen molar-refractivity contribution in [3.05, 3.63) is 23.8 Å². The SMILES string of the molecule is BC(B)(Cc1ccc2c(c1)OC(B)(O)O2)NC. The third kappa shape index (κ3) is 2.79. The first-order valence-corrected chi connectivity index (χ1v) is 5.74. The van der Waals surface area contributed by atoms with Crippen LogP contribution in [0, 0.1) is 0 Å². The topological polar surface area (TPSA) is 50.7 Å². The van der Waals surface area contributed by atoms with Gasteiger partial charge in [0.25, 0.3) is 7.85 Å². The molecule has 1 atom stereocenters. The normalized spacial score (nSPS) is 22.7. The lowest BCUT2D eigenvalue weighted by Gasteiger charge is -2.24. The molecular formula is C10H16B3NO3. The van der Waals surface area contributed by atoms with Crippen molar-refractivity contribution in [3.63, 3.8) is 0 Å². The molecule has 2 N–H and O–H groups in total. The Balaban J connectivity index is 2.20. The standard InChI is InChI=1S/C10H16B3NO3/c1-14-9(11,12)5-6-2-3-7-8(4-6)17-10(13,15)16-7/h2-4,14-15H,5,11-13H2,1H3. The summed E-state index contributed by atoms with van der Waals surface area (Å²) in [5, 5.41) is 12.9. The van der Waals surface area contributed by atoms with Gasteiger partial charge in [0.15, 0.2) is 11.5 Å². The Bertz CT molecular complexity index is 437. The molecule has 0 aliphatic carbocycles. The number of aliphatic hydroxyl groups is 1. The van der Waals surface area contributed by atoms with Gasteiger partial charge in [-0.25, -0.2) is 0 Å². The molecule has 0 amide bonds. The number of nitrogens with one attached hydrogen (secondary N) is 1. The number of benzene rings is 1. The molecule has 2 rings (SSSR count). The minimum absolute atomic E-state index is 0.0240. The highest BCUT2D eigenvalue weighted by molar-refractivity contribution is 6.40. The van der Waals surface area contributed by atoms with E-state index in [2.05, 4.69) is 21.0 Å². The third-order valence-corrected chi connectivity index (χ3v) is 2.93. The number of likely N-dealkylation sites (N-methyl/N-ethyl adjacent to an activating group) is 1. The van der Waals surface area contributed by atoms with Crippen molar-refractivity contribution in [2.24, 2.45) is 0 Å². The summed E-state index contributed by atoms with van der Waals surface area (Å²) in [6.07, 6.45) is 0.877. The Labute approximate surface area is 104 Å². The average Bonchev–Trinajstić information content (AvgIpc) is 2.50. The van der Waals surface area contributed by atoms with E-state index in [9.17, 15) is 5.11 Å². The fourth-order valence-electron chi connectivity index (χ4n) is 1.85. The molecule has 7 heteroatoms. The number of fused-ring (bicyclic) bond motifs is 1. The Morgan fingerprint density at radius 3 is 2.65 bits per heavy atom. The molecule has 0 spiro atoms. The highest BCUT2D eigenvalue weighted by Gasteiger charge is 2.34. The molecular weight excluding hydrogens is 215 g/mol. The Morgan fingerprint density at radius 1 is 1.35 bits per heavy atom. The first-order chi connectivity index (χ1) is 7.81. The first-order valence-electron chi connectivity index (χ1n) is 5.74. The molecule has 1 aliphatic rings. The zero-order chi connectivity index (χ0) is 12.7. The molecule has 0 radical (unpaired) electrons. The van der Waals surface area contributed by atoms with E-state index in [1.165, 1.54) is 7.85 Å². The molecule has 0 bridgehead atoms. The zero-order valence-corrected chi connectivity index (χ0v) is 10.7. The number of hydrogen-bond donors (Lipinski definition) is 2. The summed E-state index contributed by atoms with van der Waals surface area (Å²) in [6, 6.07) is 5.73. The van der Waals surface area contributed by atoms with Crippen LogP contribution in [0.15, 0.2) is 18.2 Å².